The van der Waals surface area contributed by atoms with Crippen LogP contribution < -0.4 is 15.4 Å². The van der Waals surface area contributed by atoms with E-state index in [1.807, 2.05) is 12.1 Å². The van der Waals surface area contributed by atoms with Gasteiger partial charge in [0.15, 0.2) is 6.61 Å². The maximum Gasteiger partial charge on any atom is 0.271 e. The van der Waals surface area contributed by atoms with Crippen molar-refractivity contribution >= 4 is 66.8 Å². The van der Waals surface area contributed by atoms with E-state index in [-0.39, 0.29) is 29.5 Å². The van der Waals surface area contributed by atoms with Gasteiger partial charge in [0.05, 0.1) is 13.9 Å². The van der Waals surface area contributed by atoms with Crippen LogP contribution in [-0.4, -0.2) is 23.3 Å². The quantitative estimate of drug-likeness (QED) is 0.148. The smallest absolute Gasteiger partial charge is 0.271 e. The molecule has 2 N–H and O–H groups in total. The Hall–Kier alpha value is -4.01. The number of nitrogens with zero attached hydrogens (tertiary/aromatic N) is 2. The lowest BCUT2D eigenvalue weighted by Gasteiger charge is -2.12. The van der Waals surface area contributed by atoms with E-state index in [0.717, 1.165) is 0 Å². The number of non-ortho nitro benzene ring substituents is 1. The summed E-state index contributed by atoms with van der Waals surface area (Å²) in [4.78, 5) is 35.0. The average Bonchev–Trinajstić information content (AvgIpc) is 2.82. The Labute approximate surface area is 216 Å². The maximum absolute atomic E-state index is 12.5. The van der Waals surface area contributed by atoms with E-state index in [9.17, 15) is 25.0 Å². The SMILES string of the molecule is N#C/C(=C/c1cc(Br)c(OCC(=O)Nc2ccccc2)c(Br)c1)C(=O)Nc1cccc([N+](=O)[O-])c1. The second kappa shape index (κ2) is 11.9. The number of ether oxygens (including phenoxy) is 1. The molecule has 0 aliphatic rings. The molecule has 0 aliphatic carbocycles. The zero-order chi connectivity index (χ0) is 25.4. The molecule has 0 aromatic heterocycles. The number of carbonyl (C=O) groups excluding carboxylic acids is 2. The van der Waals surface area contributed by atoms with Gasteiger partial charge in [0.1, 0.15) is 17.4 Å². The second-order valence-electron chi connectivity index (χ2n) is 6.95. The lowest BCUT2D eigenvalue weighted by atomic mass is 10.1. The van der Waals surface area contributed by atoms with Gasteiger partial charge in [-0.1, -0.05) is 24.3 Å². The number of rotatable bonds is 8. The highest BCUT2D eigenvalue weighted by Crippen LogP contribution is 2.35. The molecular formula is C24H16Br2N4O5. The summed E-state index contributed by atoms with van der Waals surface area (Å²) < 4.78 is 6.60. The van der Waals surface area contributed by atoms with E-state index in [0.29, 0.717) is 25.9 Å². The van der Waals surface area contributed by atoms with Crippen molar-refractivity contribution in [2.24, 2.45) is 0 Å². The molecule has 0 saturated carbocycles. The Morgan fingerprint density at radius 1 is 1.00 bits per heavy atom. The highest BCUT2D eigenvalue weighted by Gasteiger charge is 2.15. The molecule has 3 rings (SSSR count). The molecule has 3 aromatic rings. The van der Waals surface area contributed by atoms with Crippen LogP contribution in [0.1, 0.15) is 5.56 Å². The third-order valence-corrected chi connectivity index (χ3v) is 5.59. The van der Waals surface area contributed by atoms with Gasteiger partial charge in [-0.05, 0) is 73.8 Å². The molecular weight excluding hydrogens is 584 g/mol. The molecule has 0 saturated heterocycles. The lowest BCUT2D eigenvalue weighted by Crippen LogP contribution is -2.20. The largest absolute Gasteiger partial charge is 0.481 e. The molecule has 0 heterocycles. The Kier molecular flexibility index (Phi) is 8.72. The number of hydrogen-bond donors (Lipinski definition) is 2. The zero-order valence-electron chi connectivity index (χ0n) is 17.8. The van der Waals surface area contributed by atoms with Crippen molar-refractivity contribution < 1.29 is 19.2 Å². The summed E-state index contributed by atoms with van der Waals surface area (Å²) in [5.74, 6) is -0.702. The maximum atomic E-state index is 12.5. The molecule has 2 amide bonds. The summed E-state index contributed by atoms with van der Waals surface area (Å²) in [6, 6.07) is 19.4. The fourth-order valence-corrected chi connectivity index (χ4v) is 4.32. The minimum Gasteiger partial charge on any atom is -0.481 e. The monoisotopic (exact) mass is 598 g/mol. The first-order valence-electron chi connectivity index (χ1n) is 9.91. The zero-order valence-corrected chi connectivity index (χ0v) is 21.0. The van der Waals surface area contributed by atoms with Crippen LogP contribution in [-0.2, 0) is 9.59 Å². The van der Waals surface area contributed by atoms with Crippen molar-refractivity contribution in [2.45, 2.75) is 0 Å². The molecule has 0 atom stereocenters. The van der Waals surface area contributed by atoms with Crippen LogP contribution in [0.4, 0.5) is 17.1 Å². The summed E-state index contributed by atoms with van der Waals surface area (Å²) in [6.45, 7) is -0.240. The van der Waals surface area contributed by atoms with Gasteiger partial charge in [0, 0.05) is 23.5 Å². The van der Waals surface area contributed by atoms with E-state index < -0.39 is 10.8 Å². The summed E-state index contributed by atoms with van der Waals surface area (Å²) in [6.07, 6.45) is 1.36. The van der Waals surface area contributed by atoms with Crippen LogP contribution in [0.3, 0.4) is 0 Å². The Balaban J connectivity index is 1.71. The van der Waals surface area contributed by atoms with Crippen molar-refractivity contribution in [1.29, 1.82) is 5.26 Å². The van der Waals surface area contributed by atoms with Crippen molar-refractivity contribution in [3.8, 4) is 11.8 Å². The molecule has 3 aromatic carbocycles. The molecule has 0 spiro atoms. The fraction of sp³-hybridized carbons (Fsp3) is 0.0417. The third-order valence-electron chi connectivity index (χ3n) is 4.42. The number of carbonyl (C=O) groups is 2. The molecule has 0 bridgehead atoms. The summed E-state index contributed by atoms with van der Waals surface area (Å²) >= 11 is 6.75. The number of hydrogen-bond acceptors (Lipinski definition) is 6. The molecule has 0 aliphatic heterocycles. The van der Waals surface area contributed by atoms with Gasteiger partial charge in [-0.15, -0.1) is 0 Å². The Morgan fingerprint density at radius 2 is 1.66 bits per heavy atom. The van der Waals surface area contributed by atoms with E-state index in [1.165, 1.54) is 30.3 Å². The van der Waals surface area contributed by atoms with Crippen LogP contribution in [0, 0.1) is 21.4 Å². The molecule has 176 valence electrons. The number of para-hydroxylation sites is 1. The van der Waals surface area contributed by atoms with Crippen LogP contribution >= 0.6 is 31.9 Å². The van der Waals surface area contributed by atoms with Gasteiger partial charge in [0.2, 0.25) is 0 Å². The summed E-state index contributed by atoms with van der Waals surface area (Å²) in [5.41, 5.74) is 0.922. The number of amides is 2. The number of benzene rings is 3. The Bertz CT molecular complexity index is 1330. The number of anilines is 2. The second-order valence-corrected chi connectivity index (χ2v) is 8.66. The minimum absolute atomic E-state index is 0.185. The summed E-state index contributed by atoms with van der Waals surface area (Å²) in [5, 5.41) is 25.6. The topological polar surface area (TPSA) is 134 Å². The van der Waals surface area contributed by atoms with Gasteiger partial charge in [0.25, 0.3) is 17.5 Å². The first-order chi connectivity index (χ1) is 16.8. The average molecular weight is 600 g/mol. The van der Waals surface area contributed by atoms with E-state index >= 15 is 0 Å². The molecule has 0 unspecified atom stereocenters. The third kappa shape index (κ3) is 7.23. The highest BCUT2D eigenvalue weighted by molar-refractivity contribution is 9.11. The highest BCUT2D eigenvalue weighted by atomic mass is 79.9. The van der Waals surface area contributed by atoms with Gasteiger partial charge in [-0.2, -0.15) is 5.26 Å². The van der Waals surface area contributed by atoms with E-state index in [4.69, 9.17) is 4.74 Å². The molecule has 11 heteroatoms. The number of nitrogens with one attached hydrogen (secondary N) is 2. The lowest BCUT2D eigenvalue weighted by molar-refractivity contribution is -0.384. The van der Waals surface area contributed by atoms with E-state index in [1.54, 1.807) is 36.4 Å². The van der Waals surface area contributed by atoms with Gasteiger partial charge >= 0.3 is 0 Å². The number of nitriles is 1. The minimum atomic E-state index is -0.724. The van der Waals surface area contributed by atoms with Gasteiger partial charge in [-0.25, -0.2) is 0 Å². The van der Waals surface area contributed by atoms with Crippen molar-refractivity contribution in [3.63, 3.8) is 0 Å². The van der Waals surface area contributed by atoms with Crippen molar-refractivity contribution in [1.82, 2.24) is 0 Å². The standard InChI is InChI=1S/C24H16Br2N4O5/c25-20-10-15(9-16(13-27)24(32)29-18-7-4-8-19(12-18)30(33)34)11-21(26)23(20)35-14-22(31)28-17-5-2-1-3-6-17/h1-12H,14H2,(H,28,31)(H,29,32)/b16-9-. The van der Waals surface area contributed by atoms with Gasteiger partial charge < -0.3 is 15.4 Å². The van der Waals surface area contributed by atoms with Crippen LogP contribution in [0.2, 0.25) is 0 Å². The number of nitro groups is 1. The van der Waals surface area contributed by atoms with Crippen molar-refractivity contribution in [2.75, 3.05) is 17.2 Å². The number of halogens is 2. The van der Waals surface area contributed by atoms with Gasteiger partial charge in [-0.3, -0.25) is 19.7 Å². The predicted octanol–water partition coefficient (Wildman–Crippen LogP) is 5.68. The van der Waals surface area contributed by atoms with Crippen LogP contribution in [0.5, 0.6) is 5.75 Å². The van der Waals surface area contributed by atoms with Crippen molar-refractivity contribution in [3.05, 3.63) is 96.9 Å². The molecule has 9 nitrogen and oxygen atoms in total. The first-order valence-corrected chi connectivity index (χ1v) is 11.5. The normalized spacial score (nSPS) is 10.7. The predicted molar refractivity (Wildman–Crippen MR) is 138 cm³/mol. The Morgan fingerprint density at radius 3 is 2.29 bits per heavy atom. The molecule has 35 heavy (non-hydrogen) atoms. The van der Waals surface area contributed by atoms with E-state index in [2.05, 4.69) is 42.5 Å². The molecule has 0 radical (unpaired) electrons. The number of nitro benzene ring substituents is 1. The van der Waals surface area contributed by atoms with Crippen LogP contribution in [0.25, 0.3) is 6.08 Å². The fourth-order valence-electron chi connectivity index (χ4n) is 2.87. The van der Waals surface area contributed by atoms with Crippen LogP contribution in [0.15, 0.2) is 81.2 Å². The first kappa shape index (κ1) is 25.6. The summed E-state index contributed by atoms with van der Waals surface area (Å²) in [7, 11) is 0. The molecule has 0 fully saturated rings.